The standard InChI is InChI=1S/C7H9N5/c1-2-5-10-4-3-9-7(8)12-6(4)11-5/h3H,2H2,1H3,(H3,8,9,10,11,12). The Hall–Kier alpha value is -1.65. The second kappa shape index (κ2) is 2.44. The number of anilines is 1. The first-order chi connectivity index (χ1) is 5.79. The number of nitrogens with two attached hydrogens (primary N) is 1. The number of H-pyrrole nitrogens is 1. The zero-order valence-corrected chi connectivity index (χ0v) is 6.70. The Morgan fingerprint density at radius 1 is 1.50 bits per heavy atom. The number of nitrogens with zero attached hydrogens (tertiary/aromatic N) is 3. The fourth-order valence-electron chi connectivity index (χ4n) is 1.04. The van der Waals surface area contributed by atoms with Gasteiger partial charge >= 0.3 is 0 Å². The summed E-state index contributed by atoms with van der Waals surface area (Å²) in [4.78, 5) is 15.1. The van der Waals surface area contributed by atoms with Crippen LogP contribution < -0.4 is 5.73 Å². The van der Waals surface area contributed by atoms with Gasteiger partial charge in [-0.1, -0.05) is 6.92 Å². The molecule has 0 fully saturated rings. The first-order valence-electron chi connectivity index (χ1n) is 3.76. The van der Waals surface area contributed by atoms with E-state index < -0.39 is 0 Å². The molecule has 5 nitrogen and oxygen atoms in total. The predicted molar refractivity (Wildman–Crippen MR) is 45.5 cm³/mol. The summed E-state index contributed by atoms with van der Waals surface area (Å²) in [6, 6.07) is 0. The molecule has 0 amide bonds. The minimum absolute atomic E-state index is 0.261. The Balaban J connectivity index is 2.67. The van der Waals surface area contributed by atoms with Crippen molar-refractivity contribution in [2.75, 3.05) is 5.73 Å². The molecule has 2 rings (SSSR count). The van der Waals surface area contributed by atoms with E-state index in [9.17, 15) is 0 Å². The van der Waals surface area contributed by atoms with Crippen molar-refractivity contribution < 1.29 is 0 Å². The lowest BCUT2D eigenvalue weighted by atomic mass is 10.5. The molecule has 3 N–H and O–H groups in total. The number of aryl methyl sites for hydroxylation is 1. The highest BCUT2D eigenvalue weighted by atomic mass is 15.1. The van der Waals surface area contributed by atoms with Crippen molar-refractivity contribution in [2.24, 2.45) is 0 Å². The van der Waals surface area contributed by atoms with Gasteiger partial charge in [-0.15, -0.1) is 0 Å². The fourth-order valence-corrected chi connectivity index (χ4v) is 1.04. The maximum atomic E-state index is 5.40. The average Bonchev–Trinajstić information content (AvgIpc) is 2.46. The highest BCUT2D eigenvalue weighted by Gasteiger charge is 2.02. The van der Waals surface area contributed by atoms with E-state index in [4.69, 9.17) is 5.73 Å². The largest absolute Gasteiger partial charge is 0.368 e. The molecule has 0 aliphatic rings. The van der Waals surface area contributed by atoms with E-state index in [1.807, 2.05) is 6.92 Å². The van der Waals surface area contributed by atoms with E-state index in [2.05, 4.69) is 19.9 Å². The normalized spacial score (nSPS) is 10.8. The Morgan fingerprint density at radius 2 is 2.33 bits per heavy atom. The van der Waals surface area contributed by atoms with E-state index >= 15 is 0 Å². The molecule has 0 spiro atoms. The zero-order valence-electron chi connectivity index (χ0n) is 6.70. The van der Waals surface area contributed by atoms with Crippen LogP contribution in [0.3, 0.4) is 0 Å². The maximum Gasteiger partial charge on any atom is 0.222 e. The van der Waals surface area contributed by atoms with Gasteiger partial charge < -0.3 is 10.7 Å². The average molecular weight is 163 g/mol. The smallest absolute Gasteiger partial charge is 0.222 e. The van der Waals surface area contributed by atoms with Crippen molar-refractivity contribution in [1.82, 2.24) is 19.9 Å². The van der Waals surface area contributed by atoms with Crippen LogP contribution in [0.25, 0.3) is 11.2 Å². The third-order valence-electron chi connectivity index (χ3n) is 1.64. The molecule has 2 aromatic heterocycles. The molecule has 0 saturated heterocycles. The molecule has 0 atom stereocenters. The van der Waals surface area contributed by atoms with Crippen LogP contribution in [-0.4, -0.2) is 19.9 Å². The van der Waals surface area contributed by atoms with Gasteiger partial charge in [0.2, 0.25) is 5.95 Å². The first kappa shape index (κ1) is 7.02. The van der Waals surface area contributed by atoms with E-state index in [0.29, 0.717) is 5.65 Å². The summed E-state index contributed by atoms with van der Waals surface area (Å²) in [7, 11) is 0. The van der Waals surface area contributed by atoms with Gasteiger partial charge in [-0.05, 0) is 0 Å². The second-order valence-corrected chi connectivity index (χ2v) is 2.50. The number of nitrogen functional groups attached to an aromatic ring is 1. The lowest BCUT2D eigenvalue weighted by Crippen LogP contribution is -1.93. The number of rotatable bonds is 1. The van der Waals surface area contributed by atoms with Crippen LogP contribution in [0.5, 0.6) is 0 Å². The lowest BCUT2D eigenvalue weighted by Gasteiger charge is -1.87. The van der Waals surface area contributed by atoms with Gasteiger partial charge in [-0.25, -0.2) is 9.97 Å². The van der Waals surface area contributed by atoms with Crippen molar-refractivity contribution in [3.8, 4) is 0 Å². The van der Waals surface area contributed by atoms with Crippen LogP contribution in [0.1, 0.15) is 12.7 Å². The number of hydrogen-bond donors (Lipinski definition) is 2. The van der Waals surface area contributed by atoms with Gasteiger partial charge in [-0.2, -0.15) is 4.98 Å². The minimum atomic E-state index is 0.261. The molecule has 62 valence electrons. The van der Waals surface area contributed by atoms with Crippen molar-refractivity contribution in [1.29, 1.82) is 0 Å². The number of fused-ring (bicyclic) bond motifs is 1. The topological polar surface area (TPSA) is 80.5 Å². The van der Waals surface area contributed by atoms with Crippen LogP contribution in [0.2, 0.25) is 0 Å². The van der Waals surface area contributed by atoms with Crippen LogP contribution in [0.15, 0.2) is 6.20 Å². The van der Waals surface area contributed by atoms with Gasteiger partial charge in [0.15, 0.2) is 5.65 Å². The van der Waals surface area contributed by atoms with Crippen molar-refractivity contribution in [2.45, 2.75) is 13.3 Å². The molecule has 0 saturated carbocycles. The number of imidazole rings is 1. The Labute approximate surface area is 69.1 Å². The minimum Gasteiger partial charge on any atom is -0.368 e. The van der Waals surface area contributed by atoms with Crippen LogP contribution in [0, 0.1) is 0 Å². The molecule has 0 aliphatic heterocycles. The van der Waals surface area contributed by atoms with Crippen molar-refractivity contribution >= 4 is 17.1 Å². The molecular weight excluding hydrogens is 154 g/mol. The van der Waals surface area contributed by atoms with Gasteiger partial charge in [-0.3, -0.25) is 0 Å². The predicted octanol–water partition coefficient (Wildman–Crippen LogP) is 0.497. The summed E-state index contributed by atoms with van der Waals surface area (Å²) >= 11 is 0. The van der Waals surface area contributed by atoms with Crippen LogP contribution >= 0.6 is 0 Å². The Morgan fingerprint density at radius 3 is 3.08 bits per heavy atom. The van der Waals surface area contributed by atoms with Gasteiger partial charge in [0.25, 0.3) is 0 Å². The van der Waals surface area contributed by atoms with E-state index in [1.165, 1.54) is 0 Å². The van der Waals surface area contributed by atoms with Gasteiger partial charge in [0.05, 0.1) is 6.20 Å². The molecule has 0 aromatic carbocycles. The molecule has 0 bridgehead atoms. The molecule has 2 heterocycles. The first-order valence-corrected chi connectivity index (χ1v) is 3.76. The molecule has 0 unspecified atom stereocenters. The summed E-state index contributed by atoms with van der Waals surface area (Å²) in [5.41, 5.74) is 6.87. The van der Waals surface area contributed by atoms with Gasteiger partial charge in [0.1, 0.15) is 11.3 Å². The number of nitrogens with one attached hydrogen (secondary N) is 1. The SMILES string of the molecule is CCc1nc2nc(N)ncc2[nH]1. The monoisotopic (exact) mass is 163 g/mol. The third kappa shape index (κ3) is 0.990. The molecule has 5 heteroatoms. The fraction of sp³-hybridized carbons (Fsp3) is 0.286. The molecule has 0 aliphatic carbocycles. The van der Waals surface area contributed by atoms with Crippen molar-refractivity contribution in [3.05, 3.63) is 12.0 Å². The second-order valence-electron chi connectivity index (χ2n) is 2.50. The number of aromatic amines is 1. The molecule has 12 heavy (non-hydrogen) atoms. The van der Waals surface area contributed by atoms with E-state index in [1.54, 1.807) is 6.20 Å². The highest BCUT2D eigenvalue weighted by Crippen LogP contribution is 2.08. The maximum absolute atomic E-state index is 5.40. The van der Waals surface area contributed by atoms with E-state index in [0.717, 1.165) is 17.8 Å². The molecule has 0 radical (unpaired) electrons. The van der Waals surface area contributed by atoms with Crippen molar-refractivity contribution in [3.63, 3.8) is 0 Å². The van der Waals surface area contributed by atoms with Crippen LogP contribution in [0.4, 0.5) is 5.95 Å². The summed E-state index contributed by atoms with van der Waals surface area (Å²) in [6.45, 7) is 2.02. The summed E-state index contributed by atoms with van der Waals surface area (Å²) < 4.78 is 0. The number of aromatic nitrogens is 4. The highest BCUT2D eigenvalue weighted by molar-refractivity contribution is 5.70. The Bertz CT molecular complexity index is 405. The van der Waals surface area contributed by atoms with E-state index in [-0.39, 0.29) is 5.95 Å². The number of hydrogen-bond acceptors (Lipinski definition) is 4. The molecule has 2 aromatic rings. The lowest BCUT2D eigenvalue weighted by molar-refractivity contribution is 0.998. The summed E-state index contributed by atoms with van der Waals surface area (Å²) in [5.74, 6) is 1.17. The summed E-state index contributed by atoms with van der Waals surface area (Å²) in [6.07, 6.45) is 2.50. The third-order valence-corrected chi connectivity index (χ3v) is 1.64. The zero-order chi connectivity index (χ0) is 8.55. The summed E-state index contributed by atoms with van der Waals surface area (Å²) in [5, 5.41) is 0. The Kier molecular flexibility index (Phi) is 1.43. The quantitative estimate of drug-likeness (QED) is 0.641. The van der Waals surface area contributed by atoms with Crippen LogP contribution in [-0.2, 0) is 6.42 Å². The van der Waals surface area contributed by atoms with Gasteiger partial charge in [0, 0.05) is 6.42 Å². The molecular formula is C7H9N5.